The number of hydrogen-bond acceptors (Lipinski definition) is 6. The third kappa shape index (κ3) is 5.03. The summed E-state index contributed by atoms with van der Waals surface area (Å²) in [6.45, 7) is 1.94. The first-order valence-electron chi connectivity index (χ1n) is 11.7. The number of rotatable bonds is 5. The summed E-state index contributed by atoms with van der Waals surface area (Å²) < 4.78 is 43.2. The first-order valence-corrected chi connectivity index (χ1v) is 13.2. The van der Waals surface area contributed by atoms with Crippen LogP contribution in [0.2, 0.25) is 0 Å². The van der Waals surface area contributed by atoms with Crippen molar-refractivity contribution in [2.45, 2.75) is 4.90 Å². The van der Waals surface area contributed by atoms with Gasteiger partial charge in [0.1, 0.15) is 10.7 Å². The van der Waals surface area contributed by atoms with E-state index in [0.29, 0.717) is 43.7 Å². The molecule has 0 saturated carbocycles. The van der Waals surface area contributed by atoms with Gasteiger partial charge in [-0.05, 0) is 42.6 Å². The molecular weight excluding hydrogens is 497 g/mol. The van der Waals surface area contributed by atoms with E-state index in [4.69, 9.17) is 0 Å². The number of fused-ring (bicyclic) bond motifs is 1. The van der Waals surface area contributed by atoms with Gasteiger partial charge in [0.2, 0.25) is 0 Å². The molecule has 1 aromatic heterocycles. The number of carbonyl (C=O) groups is 2. The molecule has 0 spiro atoms. The van der Waals surface area contributed by atoms with E-state index in [1.165, 1.54) is 24.4 Å². The summed E-state index contributed by atoms with van der Waals surface area (Å²) in [4.78, 5) is 32.9. The molecule has 190 valence electrons. The number of amides is 2. The molecule has 0 radical (unpaired) electrons. The average Bonchev–Trinajstić information content (AvgIpc) is 2.93. The number of dihydropyridines is 1. The number of benzene rings is 2. The lowest BCUT2D eigenvalue weighted by Gasteiger charge is -2.35. The minimum atomic E-state index is -4.14. The standard InChI is InChI=1S/C26H24FN5O4S/c27-21-17-20(26(34)32-15-13-31(14-16-32)25(33)19-8-11-28-12-9-19)6-7-22(21)30-37(35,36)23-5-1-3-18-4-2-10-29-24(18)23/h1-11,17,28,30H,12-16H2. The largest absolute Gasteiger partial charge is 0.387 e. The van der Waals surface area contributed by atoms with Crippen molar-refractivity contribution in [3.05, 3.63) is 90.0 Å². The van der Waals surface area contributed by atoms with Crippen LogP contribution in [0.4, 0.5) is 10.1 Å². The summed E-state index contributed by atoms with van der Waals surface area (Å²) in [5.74, 6) is -1.35. The molecule has 2 aliphatic rings. The number of para-hydroxylation sites is 1. The lowest BCUT2D eigenvalue weighted by molar-refractivity contribution is -0.128. The maximum absolute atomic E-state index is 14.9. The molecule has 0 atom stereocenters. The van der Waals surface area contributed by atoms with Crippen LogP contribution >= 0.6 is 0 Å². The van der Waals surface area contributed by atoms with Gasteiger partial charge in [0.05, 0.1) is 11.2 Å². The highest BCUT2D eigenvalue weighted by Crippen LogP contribution is 2.25. The molecule has 2 aliphatic heterocycles. The highest BCUT2D eigenvalue weighted by atomic mass is 32.2. The van der Waals surface area contributed by atoms with Gasteiger partial charge in [0, 0.05) is 55.4 Å². The van der Waals surface area contributed by atoms with Gasteiger partial charge in [-0.2, -0.15) is 0 Å². The molecule has 1 saturated heterocycles. The third-order valence-electron chi connectivity index (χ3n) is 6.27. The Morgan fingerprint density at radius 1 is 0.973 bits per heavy atom. The number of halogens is 1. The molecular formula is C26H24FN5O4S. The van der Waals surface area contributed by atoms with Gasteiger partial charge >= 0.3 is 0 Å². The van der Waals surface area contributed by atoms with E-state index in [1.54, 1.807) is 46.3 Å². The number of pyridine rings is 1. The molecule has 0 aliphatic carbocycles. The average molecular weight is 522 g/mol. The van der Waals surface area contributed by atoms with Crippen molar-refractivity contribution in [1.29, 1.82) is 0 Å². The van der Waals surface area contributed by atoms with Gasteiger partial charge in [-0.15, -0.1) is 0 Å². The van der Waals surface area contributed by atoms with Gasteiger partial charge in [0.25, 0.3) is 21.8 Å². The molecule has 11 heteroatoms. The topological polar surface area (TPSA) is 112 Å². The van der Waals surface area contributed by atoms with E-state index in [0.717, 1.165) is 6.07 Å². The number of nitrogens with one attached hydrogen (secondary N) is 2. The summed E-state index contributed by atoms with van der Waals surface area (Å²) in [5.41, 5.74) is 0.701. The number of carbonyl (C=O) groups excluding carboxylic acids is 2. The Labute approximate surface area is 213 Å². The van der Waals surface area contributed by atoms with Gasteiger partial charge in [-0.3, -0.25) is 19.3 Å². The quantitative estimate of drug-likeness (QED) is 0.534. The molecule has 2 N–H and O–H groups in total. The van der Waals surface area contributed by atoms with Gasteiger partial charge in [-0.25, -0.2) is 12.8 Å². The van der Waals surface area contributed by atoms with E-state index in [1.807, 2.05) is 6.08 Å². The van der Waals surface area contributed by atoms with E-state index in [2.05, 4.69) is 15.0 Å². The molecule has 1 fully saturated rings. The highest BCUT2D eigenvalue weighted by molar-refractivity contribution is 7.93. The molecule has 2 amide bonds. The first-order chi connectivity index (χ1) is 17.8. The van der Waals surface area contributed by atoms with Crippen LogP contribution in [0.15, 0.2) is 83.5 Å². The van der Waals surface area contributed by atoms with Crippen molar-refractivity contribution in [3.8, 4) is 0 Å². The van der Waals surface area contributed by atoms with Crippen LogP contribution in [-0.4, -0.2) is 67.7 Å². The number of nitrogens with zero attached hydrogens (tertiary/aromatic N) is 3. The summed E-state index contributed by atoms with van der Waals surface area (Å²) in [7, 11) is -4.14. The Bertz CT molecular complexity index is 1540. The van der Waals surface area contributed by atoms with E-state index < -0.39 is 15.8 Å². The number of aromatic nitrogens is 1. The number of hydrogen-bond donors (Lipinski definition) is 2. The van der Waals surface area contributed by atoms with Crippen LogP contribution in [0, 0.1) is 5.82 Å². The fraction of sp³-hybridized carbons (Fsp3) is 0.192. The number of anilines is 1. The van der Waals surface area contributed by atoms with E-state index in [-0.39, 0.29) is 33.5 Å². The molecule has 0 unspecified atom stereocenters. The summed E-state index contributed by atoms with van der Waals surface area (Å²) in [5, 5.41) is 3.63. The van der Waals surface area contributed by atoms with Crippen molar-refractivity contribution in [3.63, 3.8) is 0 Å². The van der Waals surface area contributed by atoms with E-state index in [9.17, 15) is 22.4 Å². The van der Waals surface area contributed by atoms with Crippen molar-refractivity contribution in [2.75, 3.05) is 37.4 Å². The monoisotopic (exact) mass is 521 g/mol. The number of sulfonamides is 1. The maximum atomic E-state index is 14.9. The molecule has 3 heterocycles. The summed E-state index contributed by atoms with van der Waals surface area (Å²) in [6.07, 6.45) is 6.75. The Morgan fingerprint density at radius 3 is 2.41 bits per heavy atom. The second-order valence-corrected chi connectivity index (χ2v) is 10.3. The minimum absolute atomic E-state index is 0.0756. The zero-order valence-corrected chi connectivity index (χ0v) is 20.5. The zero-order valence-electron chi connectivity index (χ0n) is 19.7. The second kappa shape index (κ2) is 10.0. The predicted molar refractivity (Wildman–Crippen MR) is 137 cm³/mol. The molecule has 2 aromatic carbocycles. The van der Waals surface area contributed by atoms with Crippen molar-refractivity contribution < 1.29 is 22.4 Å². The Morgan fingerprint density at radius 2 is 1.70 bits per heavy atom. The second-order valence-electron chi connectivity index (χ2n) is 8.62. The number of piperazine rings is 1. The Kier molecular flexibility index (Phi) is 6.62. The summed E-state index contributed by atoms with van der Waals surface area (Å²) in [6, 6.07) is 11.8. The lowest BCUT2D eigenvalue weighted by atomic mass is 10.1. The first kappa shape index (κ1) is 24.4. The maximum Gasteiger partial charge on any atom is 0.264 e. The van der Waals surface area contributed by atoms with Gasteiger partial charge < -0.3 is 15.1 Å². The molecule has 3 aromatic rings. The SMILES string of the molecule is O=C(C1=CCNC=C1)N1CCN(C(=O)c2ccc(NS(=O)(=O)c3cccc4cccnc34)c(F)c2)CC1. The fourth-order valence-electron chi connectivity index (χ4n) is 4.31. The summed E-state index contributed by atoms with van der Waals surface area (Å²) >= 11 is 0. The van der Waals surface area contributed by atoms with Crippen LogP contribution in [0.3, 0.4) is 0 Å². The van der Waals surface area contributed by atoms with Crippen LogP contribution < -0.4 is 10.0 Å². The van der Waals surface area contributed by atoms with Crippen molar-refractivity contribution >= 4 is 38.4 Å². The van der Waals surface area contributed by atoms with E-state index >= 15 is 0 Å². The minimum Gasteiger partial charge on any atom is -0.387 e. The van der Waals surface area contributed by atoms with Crippen LogP contribution in [0.1, 0.15) is 10.4 Å². The molecule has 0 bridgehead atoms. The Hall–Kier alpha value is -4.25. The molecule has 37 heavy (non-hydrogen) atoms. The normalized spacial score (nSPS) is 15.8. The predicted octanol–water partition coefficient (Wildman–Crippen LogP) is 2.50. The van der Waals surface area contributed by atoms with Crippen molar-refractivity contribution in [2.24, 2.45) is 0 Å². The zero-order chi connectivity index (χ0) is 26.0. The third-order valence-corrected chi connectivity index (χ3v) is 7.66. The van der Waals surface area contributed by atoms with Crippen molar-refractivity contribution in [1.82, 2.24) is 20.1 Å². The Balaban J connectivity index is 1.27. The molecule has 5 rings (SSSR count). The smallest absolute Gasteiger partial charge is 0.264 e. The lowest BCUT2D eigenvalue weighted by Crippen LogP contribution is -2.51. The van der Waals surface area contributed by atoms with Crippen LogP contribution in [0.25, 0.3) is 10.9 Å². The van der Waals surface area contributed by atoms with Crippen LogP contribution in [0.5, 0.6) is 0 Å². The fourth-order valence-corrected chi connectivity index (χ4v) is 5.56. The van der Waals surface area contributed by atoms with Gasteiger partial charge in [0.15, 0.2) is 0 Å². The van der Waals surface area contributed by atoms with Crippen LogP contribution in [-0.2, 0) is 14.8 Å². The highest BCUT2D eigenvalue weighted by Gasteiger charge is 2.27. The van der Waals surface area contributed by atoms with Gasteiger partial charge in [-0.1, -0.05) is 24.3 Å². The molecule has 9 nitrogen and oxygen atoms in total.